The van der Waals surface area contributed by atoms with Gasteiger partial charge in [0.1, 0.15) is 5.82 Å². The third-order valence-corrected chi connectivity index (χ3v) is 4.62. The molecule has 2 unspecified atom stereocenters. The standard InChI is InChI=1S/C16H17F4N/c1-21-12-3-2-4-13(21)8-10(7-12)14-9-11(17)5-6-15(14)16(18,19)20/h5-7,9,12-13H,2-4,8H2,1H3. The van der Waals surface area contributed by atoms with Crippen LogP contribution in [0.5, 0.6) is 0 Å². The van der Waals surface area contributed by atoms with E-state index in [2.05, 4.69) is 4.90 Å². The van der Waals surface area contributed by atoms with Crippen molar-refractivity contribution in [2.45, 2.75) is 43.9 Å². The van der Waals surface area contributed by atoms with Gasteiger partial charge in [-0.25, -0.2) is 4.39 Å². The van der Waals surface area contributed by atoms with Gasteiger partial charge in [0.05, 0.1) is 5.56 Å². The number of fused-ring (bicyclic) bond motifs is 2. The Balaban J connectivity index is 2.06. The fraction of sp³-hybridized carbons (Fsp3) is 0.500. The van der Waals surface area contributed by atoms with Gasteiger partial charge in [0, 0.05) is 12.1 Å². The molecule has 21 heavy (non-hydrogen) atoms. The van der Waals surface area contributed by atoms with Gasteiger partial charge in [0.15, 0.2) is 0 Å². The molecule has 1 fully saturated rings. The Bertz CT molecular complexity index is 576. The van der Waals surface area contributed by atoms with E-state index in [9.17, 15) is 17.6 Å². The van der Waals surface area contributed by atoms with E-state index in [1.807, 2.05) is 13.1 Å². The van der Waals surface area contributed by atoms with Gasteiger partial charge in [-0.2, -0.15) is 13.2 Å². The average molecular weight is 299 g/mol. The summed E-state index contributed by atoms with van der Waals surface area (Å²) >= 11 is 0. The van der Waals surface area contributed by atoms with Gasteiger partial charge >= 0.3 is 6.18 Å². The molecule has 0 aliphatic carbocycles. The molecule has 0 saturated carbocycles. The summed E-state index contributed by atoms with van der Waals surface area (Å²) in [5, 5.41) is 0. The molecule has 2 atom stereocenters. The third kappa shape index (κ3) is 2.71. The molecule has 1 aromatic rings. The van der Waals surface area contributed by atoms with Crippen LogP contribution in [0.15, 0.2) is 24.3 Å². The highest BCUT2D eigenvalue weighted by atomic mass is 19.4. The lowest BCUT2D eigenvalue weighted by Crippen LogP contribution is -2.45. The number of benzene rings is 1. The SMILES string of the molecule is CN1C2C=C(c3cc(F)ccc3C(F)(F)F)CC1CCC2. The second-order valence-corrected chi connectivity index (χ2v) is 5.90. The van der Waals surface area contributed by atoms with Crippen molar-refractivity contribution >= 4 is 5.57 Å². The van der Waals surface area contributed by atoms with Crippen LogP contribution < -0.4 is 0 Å². The van der Waals surface area contributed by atoms with Crippen molar-refractivity contribution in [3.05, 3.63) is 41.2 Å². The van der Waals surface area contributed by atoms with Gasteiger partial charge in [-0.3, -0.25) is 4.90 Å². The first-order chi connectivity index (χ1) is 9.86. The minimum absolute atomic E-state index is 0.00694. The van der Waals surface area contributed by atoms with Crippen LogP contribution in [0.1, 0.15) is 36.8 Å². The molecular weight excluding hydrogens is 282 g/mol. The monoisotopic (exact) mass is 299 g/mol. The van der Waals surface area contributed by atoms with Gasteiger partial charge in [0.2, 0.25) is 0 Å². The molecule has 0 amide bonds. The normalized spacial score (nSPS) is 26.6. The molecule has 0 radical (unpaired) electrons. The van der Waals surface area contributed by atoms with Crippen molar-refractivity contribution in [1.29, 1.82) is 0 Å². The summed E-state index contributed by atoms with van der Waals surface area (Å²) in [7, 11) is 2.01. The van der Waals surface area contributed by atoms with Crippen molar-refractivity contribution in [2.75, 3.05) is 7.05 Å². The minimum atomic E-state index is -4.46. The topological polar surface area (TPSA) is 3.24 Å². The van der Waals surface area contributed by atoms with Crippen molar-refractivity contribution in [1.82, 2.24) is 4.90 Å². The quantitative estimate of drug-likeness (QED) is 0.691. The van der Waals surface area contributed by atoms with Crippen LogP contribution in [0.25, 0.3) is 5.57 Å². The van der Waals surface area contributed by atoms with E-state index < -0.39 is 17.6 Å². The van der Waals surface area contributed by atoms with E-state index in [4.69, 9.17) is 0 Å². The second-order valence-electron chi connectivity index (χ2n) is 5.90. The summed E-state index contributed by atoms with van der Waals surface area (Å²) in [6.45, 7) is 0. The molecule has 0 aromatic heterocycles. The fourth-order valence-corrected chi connectivity index (χ4v) is 3.47. The van der Waals surface area contributed by atoms with E-state index in [0.717, 1.165) is 37.5 Å². The van der Waals surface area contributed by atoms with Crippen LogP contribution in [0.2, 0.25) is 0 Å². The van der Waals surface area contributed by atoms with Crippen molar-refractivity contribution in [2.24, 2.45) is 0 Å². The Hall–Kier alpha value is -1.36. The lowest BCUT2D eigenvalue weighted by Gasteiger charge is -2.43. The van der Waals surface area contributed by atoms with Crippen LogP contribution in [0.4, 0.5) is 17.6 Å². The lowest BCUT2D eigenvalue weighted by atomic mass is 9.82. The largest absolute Gasteiger partial charge is 0.416 e. The van der Waals surface area contributed by atoms with Gasteiger partial charge in [0.25, 0.3) is 0 Å². The summed E-state index contributed by atoms with van der Waals surface area (Å²) < 4.78 is 52.9. The highest BCUT2D eigenvalue weighted by molar-refractivity contribution is 5.71. The van der Waals surface area contributed by atoms with Crippen LogP contribution in [-0.2, 0) is 6.18 Å². The zero-order chi connectivity index (χ0) is 15.2. The number of rotatable bonds is 1. The Morgan fingerprint density at radius 1 is 1.19 bits per heavy atom. The number of hydrogen-bond acceptors (Lipinski definition) is 1. The molecule has 114 valence electrons. The Morgan fingerprint density at radius 2 is 1.95 bits per heavy atom. The summed E-state index contributed by atoms with van der Waals surface area (Å²) in [6, 6.07) is 3.17. The van der Waals surface area contributed by atoms with Crippen LogP contribution in [0.3, 0.4) is 0 Å². The van der Waals surface area contributed by atoms with Crippen LogP contribution in [-0.4, -0.2) is 24.0 Å². The Morgan fingerprint density at radius 3 is 2.62 bits per heavy atom. The second kappa shape index (κ2) is 5.13. The van der Waals surface area contributed by atoms with E-state index in [0.29, 0.717) is 12.0 Å². The molecule has 2 aliphatic heterocycles. The summed E-state index contributed by atoms with van der Waals surface area (Å²) in [6.07, 6.45) is 1.02. The molecule has 1 nitrogen and oxygen atoms in total. The number of likely N-dealkylation sites (N-methyl/N-ethyl adjacent to an activating group) is 1. The lowest BCUT2D eigenvalue weighted by molar-refractivity contribution is -0.137. The van der Waals surface area contributed by atoms with E-state index in [-0.39, 0.29) is 17.6 Å². The first-order valence-electron chi connectivity index (χ1n) is 7.16. The molecule has 2 heterocycles. The molecule has 0 spiro atoms. The van der Waals surface area contributed by atoms with E-state index in [1.54, 1.807) is 0 Å². The van der Waals surface area contributed by atoms with Gasteiger partial charge < -0.3 is 0 Å². The number of nitrogens with zero attached hydrogens (tertiary/aromatic N) is 1. The van der Waals surface area contributed by atoms with Crippen molar-refractivity contribution < 1.29 is 17.6 Å². The van der Waals surface area contributed by atoms with E-state index in [1.165, 1.54) is 0 Å². The van der Waals surface area contributed by atoms with Gasteiger partial charge in [-0.15, -0.1) is 0 Å². The summed E-state index contributed by atoms with van der Waals surface area (Å²) in [5.74, 6) is -0.622. The first kappa shape index (κ1) is 14.6. The first-order valence-corrected chi connectivity index (χ1v) is 7.16. The number of alkyl halides is 3. The molecule has 0 N–H and O–H groups in total. The molecule has 2 bridgehead atoms. The van der Waals surface area contributed by atoms with E-state index >= 15 is 0 Å². The molecule has 1 aromatic carbocycles. The maximum absolute atomic E-state index is 13.5. The zero-order valence-corrected chi connectivity index (χ0v) is 11.8. The number of halogens is 4. The molecule has 3 rings (SSSR count). The summed E-state index contributed by atoms with van der Waals surface area (Å²) in [5.41, 5.74) is -0.0973. The maximum atomic E-state index is 13.5. The van der Waals surface area contributed by atoms with Crippen molar-refractivity contribution in [3.63, 3.8) is 0 Å². The maximum Gasteiger partial charge on any atom is 0.416 e. The predicted molar refractivity (Wildman–Crippen MR) is 73.2 cm³/mol. The van der Waals surface area contributed by atoms with Crippen LogP contribution in [0, 0.1) is 5.82 Å². The number of piperidine rings is 1. The zero-order valence-electron chi connectivity index (χ0n) is 11.8. The third-order valence-electron chi connectivity index (χ3n) is 4.62. The minimum Gasteiger partial charge on any atom is -0.297 e. The number of hydrogen-bond donors (Lipinski definition) is 0. The van der Waals surface area contributed by atoms with Gasteiger partial charge in [-0.1, -0.05) is 12.5 Å². The van der Waals surface area contributed by atoms with Crippen LogP contribution >= 0.6 is 0 Å². The summed E-state index contributed by atoms with van der Waals surface area (Å²) in [4.78, 5) is 2.22. The Kier molecular flexibility index (Phi) is 3.56. The smallest absolute Gasteiger partial charge is 0.297 e. The van der Waals surface area contributed by atoms with Crippen molar-refractivity contribution in [3.8, 4) is 0 Å². The Labute approximate surface area is 121 Å². The van der Waals surface area contributed by atoms with Gasteiger partial charge in [-0.05, 0) is 55.6 Å². The fourth-order valence-electron chi connectivity index (χ4n) is 3.47. The predicted octanol–water partition coefficient (Wildman–Crippen LogP) is 4.48. The highest BCUT2D eigenvalue weighted by Crippen LogP contribution is 2.41. The highest BCUT2D eigenvalue weighted by Gasteiger charge is 2.37. The molecular formula is C16H17F4N. The average Bonchev–Trinajstić information content (AvgIpc) is 2.36. The molecule has 5 heteroatoms. The molecule has 1 saturated heterocycles. The molecule has 2 aliphatic rings.